The lowest BCUT2D eigenvalue weighted by molar-refractivity contribution is 0.139. The fourth-order valence-corrected chi connectivity index (χ4v) is 3.14. The van der Waals surface area contributed by atoms with E-state index in [9.17, 15) is 0 Å². The van der Waals surface area contributed by atoms with Gasteiger partial charge in [0.15, 0.2) is 5.96 Å². The summed E-state index contributed by atoms with van der Waals surface area (Å²) in [6.07, 6.45) is 0. The first-order valence-electron chi connectivity index (χ1n) is 9.58. The van der Waals surface area contributed by atoms with Crippen LogP contribution < -0.4 is 10.6 Å². The molecule has 1 aromatic rings. The number of likely N-dealkylation sites (N-methyl/N-ethyl adjacent to an activating group) is 1. The summed E-state index contributed by atoms with van der Waals surface area (Å²) in [4.78, 5) is 9.38. The van der Waals surface area contributed by atoms with Gasteiger partial charge in [-0.1, -0.05) is 43.7 Å². The van der Waals surface area contributed by atoms with E-state index in [0.717, 1.165) is 25.6 Å². The average molecular weight is 346 g/mol. The molecule has 0 spiro atoms. The molecule has 1 aliphatic rings. The first kappa shape index (κ1) is 19.7. The maximum atomic E-state index is 4.34. The largest absolute Gasteiger partial charge is 0.356 e. The van der Waals surface area contributed by atoms with E-state index in [1.807, 2.05) is 7.05 Å². The number of nitrogens with zero attached hydrogens (tertiary/aromatic N) is 3. The summed E-state index contributed by atoms with van der Waals surface area (Å²) in [6, 6.07) is 8.79. The smallest absolute Gasteiger partial charge is 0.191 e. The molecule has 0 bridgehead atoms. The zero-order valence-electron chi connectivity index (χ0n) is 16.4. The van der Waals surface area contributed by atoms with Crippen LogP contribution in [0.2, 0.25) is 0 Å². The third-order valence-electron chi connectivity index (χ3n) is 5.08. The summed E-state index contributed by atoms with van der Waals surface area (Å²) in [5.74, 6) is 1.35. The van der Waals surface area contributed by atoms with Crippen LogP contribution in [0.1, 0.15) is 30.9 Å². The molecule has 25 heavy (non-hydrogen) atoms. The molecule has 2 rings (SSSR count). The molecule has 140 valence electrons. The Morgan fingerprint density at radius 2 is 1.72 bits per heavy atom. The van der Waals surface area contributed by atoms with Crippen molar-refractivity contribution in [1.29, 1.82) is 0 Å². The molecule has 0 aromatic heterocycles. The number of nitrogens with one attached hydrogen (secondary N) is 2. The van der Waals surface area contributed by atoms with Crippen LogP contribution in [-0.4, -0.2) is 75.2 Å². The Balaban J connectivity index is 1.66. The van der Waals surface area contributed by atoms with Crippen LogP contribution in [0.3, 0.4) is 0 Å². The van der Waals surface area contributed by atoms with Gasteiger partial charge in [0, 0.05) is 52.9 Å². The van der Waals surface area contributed by atoms with Gasteiger partial charge in [0.25, 0.3) is 0 Å². The van der Waals surface area contributed by atoms with E-state index < -0.39 is 0 Å². The molecule has 1 aromatic carbocycles. The Labute approximate surface area is 153 Å². The lowest BCUT2D eigenvalue weighted by Gasteiger charge is -2.34. The zero-order chi connectivity index (χ0) is 18.1. The second kappa shape index (κ2) is 10.4. The summed E-state index contributed by atoms with van der Waals surface area (Å²) in [5.41, 5.74) is 2.67. The van der Waals surface area contributed by atoms with Crippen molar-refractivity contribution in [3.05, 3.63) is 35.4 Å². The van der Waals surface area contributed by atoms with Gasteiger partial charge in [0.1, 0.15) is 0 Å². The minimum Gasteiger partial charge on any atom is -0.356 e. The van der Waals surface area contributed by atoms with Crippen LogP contribution in [0.4, 0.5) is 0 Å². The summed E-state index contributed by atoms with van der Waals surface area (Å²) in [6.45, 7) is 15.4. The highest BCUT2D eigenvalue weighted by atomic mass is 15.3. The third kappa shape index (κ3) is 6.67. The highest BCUT2D eigenvalue weighted by molar-refractivity contribution is 5.79. The number of aliphatic imine (C=N–C) groups is 1. The van der Waals surface area contributed by atoms with E-state index in [1.165, 1.54) is 43.9 Å². The van der Waals surface area contributed by atoms with Gasteiger partial charge >= 0.3 is 0 Å². The lowest BCUT2D eigenvalue weighted by Crippen LogP contribution is -2.49. The van der Waals surface area contributed by atoms with Gasteiger partial charge in [0.2, 0.25) is 0 Å². The normalized spacial score (nSPS) is 18.2. The van der Waals surface area contributed by atoms with Crippen LogP contribution in [0, 0.1) is 6.92 Å². The number of hydrogen-bond donors (Lipinski definition) is 2. The molecule has 1 unspecified atom stereocenters. The van der Waals surface area contributed by atoms with Crippen LogP contribution in [0.5, 0.6) is 0 Å². The Bertz CT molecular complexity index is 517. The van der Waals surface area contributed by atoms with Crippen molar-refractivity contribution >= 4 is 5.96 Å². The Morgan fingerprint density at radius 1 is 1.08 bits per heavy atom. The van der Waals surface area contributed by atoms with Crippen LogP contribution in [0.15, 0.2) is 29.3 Å². The van der Waals surface area contributed by atoms with E-state index in [0.29, 0.717) is 5.92 Å². The molecular weight excluding hydrogens is 310 g/mol. The molecule has 1 fully saturated rings. The van der Waals surface area contributed by atoms with Gasteiger partial charge in [-0.15, -0.1) is 0 Å². The van der Waals surface area contributed by atoms with Crippen molar-refractivity contribution in [2.75, 3.05) is 59.4 Å². The monoisotopic (exact) mass is 345 g/mol. The van der Waals surface area contributed by atoms with Gasteiger partial charge in [-0.3, -0.25) is 9.89 Å². The minimum absolute atomic E-state index is 0.460. The van der Waals surface area contributed by atoms with Crippen molar-refractivity contribution in [3.63, 3.8) is 0 Å². The van der Waals surface area contributed by atoms with E-state index in [-0.39, 0.29) is 0 Å². The molecule has 1 aliphatic heterocycles. The predicted octanol–water partition coefficient (Wildman–Crippen LogP) is 1.90. The SMILES string of the molecule is CCN1CCN(CCNC(=NC)NCC(C)c2ccc(C)cc2)CC1. The molecule has 0 aliphatic carbocycles. The number of rotatable bonds is 7. The molecule has 0 amide bonds. The van der Waals surface area contributed by atoms with Crippen LogP contribution in [-0.2, 0) is 0 Å². The molecule has 0 radical (unpaired) electrons. The second-order valence-corrected chi connectivity index (χ2v) is 6.97. The Hall–Kier alpha value is -1.59. The molecule has 2 N–H and O–H groups in total. The summed E-state index contributed by atoms with van der Waals surface area (Å²) in [5, 5.41) is 6.89. The van der Waals surface area contributed by atoms with Gasteiger partial charge in [-0.25, -0.2) is 0 Å². The predicted molar refractivity (Wildman–Crippen MR) is 108 cm³/mol. The van der Waals surface area contributed by atoms with Crippen LogP contribution >= 0.6 is 0 Å². The minimum atomic E-state index is 0.460. The van der Waals surface area contributed by atoms with E-state index in [2.05, 4.69) is 70.5 Å². The van der Waals surface area contributed by atoms with Crippen molar-refractivity contribution in [2.24, 2.45) is 4.99 Å². The molecule has 5 heteroatoms. The Kier molecular flexibility index (Phi) is 8.22. The number of hydrogen-bond acceptors (Lipinski definition) is 3. The number of piperazine rings is 1. The maximum absolute atomic E-state index is 4.34. The van der Waals surface area contributed by atoms with Crippen molar-refractivity contribution in [2.45, 2.75) is 26.7 Å². The summed E-state index contributed by atoms with van der Waals surface area (Å²) < 4.78 is 0. The molecule has 1 atom stereocenters. The van der Waals surface area contributed by atoms with E-state index >= 15 is 0 Å². The second-order valence-electron chi connectivity index (χ2n) is 6.97. The molecular formula is C20H35N5. The van der Waals surface area contributed by atoms with E-state index in [1.54, 1.807) is 0 Å². The Morgan fingerprint density at radius 3 is 2.32 bits per heavy atom. The third-order valence-corrected chi connectivity index (χ3v) is 5.08. The lowest BCUT2D eigenvalue weighted by atomic mass is 10.0. The van der Waals surface area contributed by atoms with Crippen molar-refractivity contribution < 1.29 is 0 Å². The first-order valence-corrected chi connectivity index (χ1v) is 9.58. The van der Waals surface area contributed by atoms with Gasteiger partial charge in [-0.05, 0) is 24.9 Å². The maximum Gasteiger partial charge on any atom is 0.191 e. The average Bonchev–Trinajstić information content (AvgIpc) is 2.65. The van der Waals surface area contributed by atoms with Gasteiger partial charge in [0.05, 0.1) is 0 Å². The summed E-state index contributed by atoms with van der Waals surface area (Å²) in [7, 11) is 1.84. The van der Waals surface area contributed by atoms with Gasteiger partial charge < -0.3 is 15.5 Å². The quantitative estimate of drug-likeness (QED) is 0.585. The standard InChI is InChI=1S/C20H35N5/c1-5-24-12-14-25(15-13-24)11-10-22-20(21-4)23-16-18(3)19-8-6-17(2)7-9-19/h6-9,18H,5,10-16H2,1-4H3,(H2,21,22,23). The topological polar surface area (TPSA) is 42.9 Å². The highest BCUT2D eigenvalue weighted by Gasteiger charge is 2.14. The fourth-order valence-electron chi connectivity index (χ4n) is 3.14. The van der Waals surface area contributed by atoms with Crippen LogP contribution in [0.25, 0.3) is 0 Å². The first-order chi connectivity index (χ1) is 12.1. The number of aryl methyl sites for hydroxylation is 1. The number of guanidine groups is 1. The fraction of sp³-hybridized carbons (Fsp3) is 0.650. The number of benzene rings is 1. The van der Waals surface area contributed by atoms with E-state index in [4.69, 9.17) is 0 Å². The zero-order valence-corrected chi connectivity index (χ0v) is 16.4. The molecule has 1 heterocycles. The van der Waals surface area contributed by atoms with Crippen molar-refractivity contribution in [1.82, 2.24) is 20.4 Å². The van der Waals surface area contributed by atoms with Crippen molar-refractivity contribution in [3.8, 4) is 0 Å². The molecule has 0 saturated carbocycles. The molecule has 1 saturated heterocycles. The highest BCUT2D eigenvalue weighted by Crippen LogP contribution is 2.14. The summed E-state index contributed by atoms with van der Waals surface area (Å²) >= 11 is 0. The molecule has 5 nitrogen and oxygen atoms in total. The van der Waals surface area contributed by atoms with Gasteiger partial charge in [-0.2, -0.15) is 0 Å².